The molecule has 1 unspecified atom stereocenters. The molecule has 0 bridgehead atoms. The number of rotatable bonds is 4. The molecule has 1 N–H and O–H groups in total. The van der Waals surface area contributed by atoms with Crippen LogP contribution in [0, 0.1) is 5.41 Å². The molecule has 0 saturated heterocycles. The lowest BCUT2D eigenvalue weighted by Gasteiger charge is -2.36. The lowest BCUT2D eigenvalue weighted by Crippen LogP contribution is -2.44. The van der Waals surface area contributed by atoms with Gasteiger partial charge in [-0.3, -0.25) is 4.90 Å². The Morgan fingerprint density at radius 2 is 2.06 bits per heavy atom. The summed E-state index contributed by atoms with van der Waals surface area (Å²) in [6, 6.07) is 4.35. The molecule has 0 fully saturated rings. The summed E-state index contributed by atoms with van der Waals surface area (Å²) in [5.74, 6) is 0. The zero-order valence-electron chi connectivity index (χ0n) is 11.1. The van der Waals surface area contributed by atoms with Gasteiger partial charge < -0.3 is 9.67 Å². The van der Waals surface area contributed by atoms with Crippen LogP contribution in [0.1, 0.15) is 26.5 Å². The third-order valence-electron chi connectivity index (χ3n) is 3.17. The Balaban J connectivity index is 2.71. The topological polar surface area (TPSA) is 28.4 Å². The summed E-state index contributed by atoms with van der Waals surface area (Å²) in [4.78, 5) is 2.22. The molecule has 16 heavy (non-hydrogen) atoms. The number of aromatic nitrogens is 1. The molecule has 0 saturated carbocycles. The molecular weight excluding hydrogens is 200 g/mol. The SMILES string of the molecule is CN(Cc1cccn1C)C(CO)C(C)(C)C. The van der Waals surface area contributed by atoms with Crippen molar-refractivity contribution >= 4 is 0 Å². The van der Waals surface area contributed by atoms with Gasteiger partial charge >= 0.3 is 0 Å². The highest BCUT2D eigenvalue weighted by Gasteiger charge is 2.27. The summed E-state index contributed by atoms with van der Waals surface area (Å²) in [6.07, 6.45) is 2.05. The molecule has 1 rings (SSSR count). The van der Waals surface area contributed by atoms with Crippen LogP contribution < -0.4 is 0 Å². The van der Waals surface area contributed by atoms with E-state index in [4.69, 9.17) is 0 Å². The van der Waals surface area contributed by atoms with E-state index < -0.39 is 0 Å². The highest BCUT2D eigenvalue weighted by molar-refractivity contribution is 5.06. The van der Waals surface area contributed by atoms with E-state index in [1.54, 1.807) is 0 Å². The van der Waals surface area contributed by atoms with E-state index in [-0.39, 0.29) is 18.1 Å². The molecule has 0 spiro atoms. The van der Waals surface area contributed by atoms with Gasteiger partial charge in [0.2, 0.25) is 0 Å². The largest absolute Gasteiger partial charge is 0.395 e. The average molecular weight is 224 g/mol. The first-order valence-corrected chi connectivity index (χ1v) is 5.77. The second-order valence-corrected chi connectivity index (χ2v) is 5.59. The molecule has 1 atom stereocenters. The van der Waals surface area contributed by atoms with E-state index in [0.717, 1.165) is 6.54 Å². The van der Waals surface area contributed by atoms with Crippen molar-refractivity contribution < 1.29 is 5.11 Å². The van der Waals surface area contributed by atoms with Crippen molar-refractivity contribution in [2.45, 2.75) is 33.4 Å². The Morgan fingerprint density at radius 3 is 2.44 bits per heavy atom. The molecule has 0 aliphatic heterocycles. The molecule has 3 heteroatoms. The second-order valence-electron chi connectivity index (χ2n) is 5.59. The van der Waals surface area contributed by atoms with Crippen LogP contribution in [0.15, 0.2) is 18.3 Å². The van der Waals surface area contributed by atoms with Crippen LogP contribution in [0.3, 0.4) is 0 Å². The maximum absolute atomic E-state index is 9.48. The van der Waals surface area contributed by atoms with Gasteiger partial charge in [0.1, 0.15) is 0 Å². The number of aliphatic hydroxyl groups is 1. The van der Waals surface area contributed by atoms with E-state index in [2.05, 4.69) is 43.4 Å². The first-order valence-electron chi connectivity index (χ1n) is 5.77. The number of aliphatic hydroxyl groups excluding tert-OH is 1. The monoisotopic (exact) mass is 224 g/mol. The van der Waals surface area contributed by atoms with Crippen LogP contribution >= 0.6 is 0 Å². The summed E-state index contributed by atoms with van der Waals surface area (Å²) in [7, 11) is 4.12. The van der Waals surface area contributed by atoms with Crippen LogP contribution in [0.25, 0.3) is 0 Å². The predicted octanol–water partition coefficient (Wildman–Crippen LogP) is 1.86. The predicted molar refractivity (Wildman–Crippen MR) is 67.2 cm³/mol. The molecule has 0 amide bonds. The van der Waals surface area contributed by atoms with Crippen molar-refractivity contribution in [1.29, 1.82) is 0 Å². The van der Waals surface area contributed by atoms with Gasteiger partial charge in [0.15, 0.2) is 0 Å². The van der Waals surface area contributed by atoms with E-state index >= 15 is 0 Å². The first-order chi connectivity index (χ1) is 7.36. The number of likely N-dealkylation sites (N-methyl/N-ethyl adjacent to an activating group) is 1. The van der Waals surface area contributed by atoms with E-state index in [1.807, 2.05) is 19.3 Å². The summed E-state index contributed by atoms with van der Waals surface area (Å²) in [5.41, 5.74) is 1.36. The van der Waals surface area contributed by atoms with E-state index in [9.17, 15) is 5.11 Å². The third kappa shape index (κ3) is 3.09. The molecule has 1 aromatic rings. The summed E-state index contributed by atoms with van der Waals surface area (Å²) in [5, 5.41) is 9.48. The molecular formula is C13H24N2O. The minimum Gasteiger partial charge on any atom is -0.395 e. The Hall–Kier alpha value is -0.800. The van der Waals surface area contributed by atoms with Gasteiger partial charge in [-0.2, -0.15) is 0 Å². The number of nitrogens with zero attached hydrogens (tertiary/aromatic N) is 2. The summed E-state index contributed by atoms with van der Waals surface area (Å²) < 4.78 is 2.12. The zero-order chi connectivity index (χ0) is 12.3. The average Bonchev–Trinajstić information content (AvgIpc) is 2.50. The minimum absolute atomic E-state index is 0.0919. The van der Waals surface area contributed by atoms with Gasteiger partial charge in [-0.05, 0) is 24.6 Å². The number of hydrogen-bond acceptors (Lipinski definition) is 2. The fourth-order valence-corrected chi connectivity index (χ4v) is 2.10. The summed E-state index contributed by atoms with van der Waals surface area (Å²) >= 11 is 0. The Bertz CT molecular complexity index is 325. The first kappa shape index (κ1) is 13.3. The molecule has 1 heterocycles. The van der Waals surface area contributed by atoms with Crippen molar-refractivity contribution in [2.24, 2.45) is 12.5 Å². The molecule has 0 aliphatic carbocycles. The minimum atomic E-state index is 0.0919. The summed E-state index contributed by atoms with van der Waals surface area (Å²) in [6.45, 7) is 7.55. The second kappa shape index (κ2) is 5.02. The fraction of sp³-hybridized carbons (Fsp3) is 0.692. The van der Waals surface area contributed by atoms with Gasteiger partial charge in [-0.15, -0.1) is 0 Å². The van der Waals surface area contributed by atoms with Gasteiger partial charge in [-0.25, -0.2) is 0 Å². The number of hydrogen-bond donors (Lipinski definition) is 1. The van der Waals surface area contributed by atoms with Gasteiger partial charge in [-0.1, -0.05) is 20.8 Å². The molecule has 0 radical (unpaired) electrons. The van der Waals surface area contributed by atoms with Crippen molar-refractivity contribution in [3.8, 4) is 0 Å². The van der Waals surface area contributed by atoms with Crippen LogP contribution in [-0.4, -0.2) is 34.3 Å². The molecule has 0 aliphatic rings. The lowest BCUT2D eigenvalue weighted by atomic mass is 9.86. The molecule has 92 valence electrons. The van der Waals surface area contributed by atoms with E-state index in [1.165, 1.54) is 5.69 Å². The fourth-order valence-electron chi connectivity index (χ4n) is 2.10. The molecule has 0 aromatic carbocycles. The van der Waals surface area contributed by atoms with Crippen LogP contribution in [-0.2, 0) is 13.6 Å². The van der Waals surface area contributed by atoms with Gasteiger partial charge in [0.05, 0.1) is 6.61 Å². The van der Waals surface area contributed by atoms with Crippen molar-refractivity contribution in [3.63, 3.8) is 0 Å². The van der Waals surface area contributed by atoms with Gasteiger partial charge in [0, 0.05) is 31.5 Å². The van der Waals surface area contributed by atoms with Crippen molar-refractivity contribution in [1.82, 2.24) is 9.47 Å². The Labute approximate surface area is 98.7 Å². The highest BCUT2D eigenvalue weighted by atomic mass is 16.3. The van der Waals surface area contributed by atoms with Crippen LogP contribution in [0.5, 0.6) is 0 Å². The van der Waals surface area contributed by atoms with Crippen molar-refractivity contribution in [2.75, 3.05) is 13.7 Å². The van der Waals surface area contributed by atoms with E-state index in [0.29, 0.717) is 0 Å². The smallest absolute Gasteiger partial charge is 0.0591 e. The highest BCUT2D eigenvalue weighted by Crippen LogP contribution is 2.24. The Morgan fingerprint density at radius 1 is 1.44 bits per heavy atom. The van der Waals surface area contributed by atoms with Crippen LogP contribution in [0.4, 0.5) is 0 Å². The lowest BCUT2D eigenvalue weighted by molar-refractivity contribution is 0.0601. The van der Waals surface area contributed by atoms with Crippen LogP contribution in [0.2, 0.25) is 0 Å². The molecule has 3 nitrogen and oxygen atoms in total. The number of aryl methyl sites for hydroxylation is 1. The van der Waals surface area contributed by atoms with Gasteiger partial charge in [0.25, 0.3) is 0 Å². The zero-order valence-corrected chi connectivity index (χ0v) is 11.1. The maximum Gasteiger partial charge on any atom is 0.0591 e. The van der Waals surface area contributed by atoms with Crippen molar-refractivity contribution in [3.05, 3.63) is 24.0 Å². The standard InChI is InChI=1S/C13H24N2O/c1-13(2,3)12(10-16)15(5)9-11-7-6-8-14(11)4/h6-8,12,16H,9-10H2,1-5H3. The normalized spacial score (nSPS) is 14.4. The third-order valence-corrected chi connectivity index (χ3v) is 3.17. The maximum atomic E-state index is 9.48. The quantitative estimate of drug-likeness (QED) is 0.845. The molecule has 1 aromatic heterocycles. The Kier molecular flexibility index (Phi) is 4.16.